The minimum atomic E-state index is -0.484. The molecule has 1 aliphatic carbocycles. The second kappa shape index (κ2) is 6.73. The molecule has 5 heteroatoms. The average molecular weight is 255 g/mol. The number of likely N-dealkylation sites (N-methyl/N-ethyl adjacent to an activating group) is 1. The molecule has 104 valence electrons. The first-order valence-electron chi connectivity index (χ1n) is 6.73. The van der Waals surface area contributed by atoms with Gasteiger partial charge in [0.05, 0.1) is 0 Å². The standard InChI is InChI=1S/C13H25N3O2/c1-8(10-5-4-6-11(14)7-10)12(17)16-9(2)13(18)15-3/h8-11H,4-7,14H2,1-3H3,(H,15,18)(H,16,17). The molecule has 1 fully saturated rings. The number of carbonyl (C=O) groups is 2. The van der Waals surface area contributed by atoms with Crippen LogP contribution in [-0.2, 0) is 9.59 Å². The fraction of sp³-hybridized carbons (Fsp3) is 0.846. The Kier molecular flexibility index (Phi) is 5.59. The maximum absolute atomic E-state index is 12.0. The number of amides is 2. The van der Waals surface area contributed by atoms with E-state index in [0.29, 0.717) is 5.92 Å². The third-order valence-electron chi connectivity index (χ3n) is 3.87. The molecular weight excluding hydrogens is 230 g/mol. The summed E-state index contributed by atoms with van der Waals surface area (Å²) in [7, 11) is 1.56. The van der Waals surface area contributed by atoms with Crippen molar-refractivity contribution in [3.05, 3.63) is 0 Å². The van der Waals surface area contributed by atoms with E-state index in [1.165, 1.54) is 0 Å². The highest BCUT2D eigenvalue weighted by Crippen LogP contribution is 2.29. The Balaban J connectivity index is 2.47. The molecule has 0 aromatic rings. The Morgan fingerprint density at radius 2 is 1.89 bits per heavy atom. The van der Waals surface area contributed by atoms with Crippen LogP contribution in [-0.4, -0.2) is 30.9 Å². The van der Waals surface area contributed by atoms with Crippen LogP contribution in [0.3, 0.4) is 0 Å². The summed E-state index contributed by atoms with van der Waals surface area (Å²) >= 11 is 0. The molecule has 0 spiro atoms. The number of rotatable bonds is 4. The van der Waals surface area contributed by atoms with Crippen molar-refractivity contribution in [2.24, 2.45) is 17.6 Å². The first-order valence-corrected chi connectivity index (χ1v) is 6.73. The topological polar surface area (TPSA) is 84.2 Å². The van der Waals surface area contributed by atoms with Gasteiger partial charge in [-0.3, -0.25) is 9.59 Å². The Morgan fingerprint density at radius 1 is 1.22 bits per heavy atom. The van der Waals surface area contributed by atoms with Crippen molar-refractivity contribution in [1.29, 1.82) is 0 Å². The lowest BCUT2D eigenvalue weighted by Gasteiger charge is -2.31. The van der Waals surface area contributed by atoms with E-state index in [2.05, 4.69) is 10.6 Å². The van der Waals surface area contributed by atoms with Crippen molar-refractivity contribution < 1.29 is 9.59 Å². The SMILES string of the molecule is CNC(=O)C(C)NC(=O)C(C)C1CCCC(N)C1. The molecule has 4 N–H and O–H groups in total. The molecule has 0 bridgehead atoms. The zero-order chi connectivity index (χ0) is 13.7. The van der Waals surface area contributed by atoms with Crippen molar-refractivity contribution >= 4 is 11.8 Å². The minimum absolute atomic E-state index is 0.0507. The number of nitrogens with one attached hydrogen (secondary N) is 2. The van der Waals surface area contributed by atoms with Crippen LogP contribution in [0.4, 0.5) is 0 Å². The summed E-state index contributed by atoms with van der Waals surface area (Å²) in [6, 6.07) is -0.266. The first kappa shape index (κ1) is 15.0. The Bertz CT molecular complexity index is 307. The van der Waals surface area contributed by atoms with Crippen LogP contribution in [0, 0.1) is 11.8 Å². The Hall–Kier alpha value is -1.10. The molecular formula is C13H25N3O2. The van der Waals surface area contributed by atoms with E-state index in [4.69, 9.17) is 5.73 Å². The van der Waals surface area contributed by atoms with Gasteiger partial charge >= 0.3 is 0 Å². The second-order valence-electron chi connectivity index (χ2n) is 5.32. The molecule has 0 aromatic carbocycles. The lowest BCUT2D eigenvalue weighted by atomic mass is 9.78. The molecule has 4 unspecified atom stereocenters. The highest BCUT2D eigenvalue weighted by atomic mass is 16.2. The van der Waals surface area contributed by atoms with Crippen LogP contribution in [0.25, 0.3) is 0 Å². The van der Waals surface area contributed by atoms with Gasteiger partial charge in [0.2, 0.25) is 11.8 Å². The summed E-state index contributed by atoms with van der Waals surface area (Å²) in [5.74, 6) is 0.0372. The van der Waals surface area contributed by atoms with Gasteiger partial charge in [-0.25, -0.2) is 0 Å². The predicted molar refractivity (Wildman–Crippen MR) is 70.8 cm³/mol. The third kappa shape index (κ3) is 3.98. The fourth-order valence-electron chi connectivity index (χ4n) is 2.56. The smallest absolute Gasteiger partial charge is 0.242 e. The van der Waals surface area contributed by atoms with Crippen molar-refractivity contribution in [3.8, 4) is 0 Å². The summed E-state index contributed by atoms with van der Waals surface area (Å²) in [5.41, 5.74) is 5.94. The van der Waals surface area contributed by atoms with E-state index in [1.54, 1.807) is 14.0 Å². The average Bonchev–Trinajstić information content (AvgIpc) is 2.36. The quantitative estimate of drug-likeness (QED) is 0.679. The second-order valence-corrected chi connectivity index (χ2v) is 5.32. The summed E-state index contributed by atoms with van der Waals surface area (Å²) < 4.78 is 0. The van der Waals surface area contributed by atoms with Gasteiger partial charge in [-0.05, 0) is 32.1 Å². The van der Waals surface area contributed by atoms with Gasteiger partial charge in [-0.1, -0.05) is 13.3 Å². The fourth-order valence-corrected chi connectivity index (χ4v) is 2.56. The zero-order valence-electron chi connectivity index (χ0n) is 11.5. The van der Waals surface area contributed by atoms with Crippen LogP contribution < -0.4 is 16.4 Å². The lowest BCUT2D eigenvalue weighted by Crippen LogP contribution is -2.47. The lowest BCUT2D eigenvalue weighted by molar-refractivity contribution is -0.131. The molecule has 0 radical (unpaired) electrons. The normalized spacial score (nSPS) is 27.1. The van der Waals surface area contributed by atoms with Crippen molar-refractivity contribution in [2.75, 3.05) is 7.05 Å². The highest BCUT2D eigenvalue weighted by molar-refractivity contribution is 5.87. The van der Waals surface area contributed by atoms with Gasteiger partial charge in [0.15, 0.2) is 0 Å². The van der Waals surface area contributed by atoms with Gasteiger partial charge in [0, 0.05) is 19.0 Å². The highest BCUT2D eigenvalue weighted by Gasteiger charge is 2.29. The summed E-state index contributed by atoms with van der Waals surface area (Å²) in [6.45, 7) is 3.62. The molecule has 4 atom stereocenters. The van der Waals surface area contributed by atoms with E-state index in [0.717, 1.165) is 25.7 Å². The molecule has 0 saturated heterocycles. The van der Waals surface area contributed by atoms with Gasteiger partial charge in [0.25, 0.3) is 0 Å². The van der Waals surface area contributed by atoms with Crippen LogP contribution in [0.1, 0.15) is 39.5 Å². The van der Waals surface area contributed by atoms with E-state index in [-0.39, 0.29) is 23.8 Å². The van der Waals surface area contributed by atoms with Crippen LogP contribution in [0.2, 0.25) is 0 Å². The predicted octanol–water partition coefficient (Wildman–Crippen LogP) is 0.391. The Labute approximate surface area is 109 Å². The van der Waals surface area contributed by atoms with E-state index in [9.17, 15) is 9.59 Å². The summed E-state index contributed by atoms with van der Waals surface area (Å²) in [6.07, 6.45) is 4.10. The number of nitrogens with two attached hydrogens (primary N) is 1. The van der Waals surface area contributed by atoms with E-state index < -0.39 is 6.04 Å². The molecule has 1 aliphatic rings. The first-order chi connectivity index (χ1) is 8.45. The minimum Gasteiger partial charge on any atom is -0.357 e. The van der Waals surface area contributed by atoms with Crippen LogP contribution in [0.5, 0.6) is 0 Å². The monoisotopic (exact) mass is 255 g/mol. The molecule has 1 saturated carbocycles. The van der Waals surface area contributed by atoms with E-state index in [1.807, 2.05) is 6.92 Å². The van der Waals surface area contributed by atoms with Gasteiger partial charge in [-0.2, -0.15) is 0 Å². The molecule has 0 aliphatic heterocycles. The van der Waals surface area contributed by atoms with Gasteiger partial charge in [0.1, 0.15) is 6.04 Å². The number of carbonyl (C=O) groups excluding carboxylic acids is 2. The molecule has 5 nitrogen and oxygen atoms in total. The summed E-state index contributed by atoms with van der Waals surface area (Å²) in [5, 5.41) is 5.27. The Morgan fingerprint density at radius 3 is 2.44 bits per heavy atom. The largest absolute Gasteiger partial charge is 0.357 e. The summed E-state index contributed by atoms with van der Waals surface area (Å²) in [4.78, 5) is 23.4. The maximum atomic E-state index is 12.0. The molecule has 0 aromatic heterocycles. The molecule has 18 heavy (non-hydrogen) atoms. The van der Waals surface area contributed by atoms with Crippen LogP contribution in [0.15, 0.2) is 0 Å². The van der Waals surface area contributed by atoms with Gasteiger partial charge in [-0.15, -0.1) is 0 Å². The van der Waals surface area contributed by atoms with Crippen LogP contribution >= 0.6 is 0 Å². The molecule has 1 rings (SSSR count). The van der Waals surface area contributed by atoms with Crippen molar-refractivity contribution in [2.45, 2.75) is 51.6 Å². The maximum Gasteiger partial charge on any atom is 0.242 e. The van der Waals surface area contributed by atoms with E-state index >= 15 is 0 Å². The number of hydrogen-bond acceptors (Lipinski definition) is 3. The van der Waals surface area contributed by atoms with Crippen molar-refractivity contribution in [1.82, 2.24) is 10.6 Å². The third-order valence-corrected chi connectivity index (χ3v) is 3.87. The molecule has 2 amide bonds. The zero-order valence-corrected chi connectivity index (χ0v) is 11.5. The van der Waals surface area contributed by atoms with Gasteiger partial charge < -0.3 is 16.4 Å². The number of hydrogen-bond donors (Lipinski definition) is 3. The van der Waals surface area contributed by atoms with Crippen molar-refractivity contribution in [3.63, 3.8) is 0 Å². The molecule has 0 heterocycles.